The van der Waals surface area contributed by atoms with E-state index < -0.39 is 0 Å². The van der Waals surface area contributed by atoms with E-state index in [-0.39, 0.29) is 5.41 Å². The minimum atomic E-state index is 0.125. The van der Waals surface area contributed by atoms with E-state index in [2.05, 4.69) is 71.7 Å². The van der Waals surface area contributed by atoms with Gasteiger partial charge in [0.15, 0.2) is 0 Å². The van der Waals surface area contributed by atoms with Gasteiger partial charge in [-0.05, 0) is 83.6 Å². The standard InChI is InChI=1S/C30H33N3O/c1-30-15-14-23-22-9-5-4-6-19(22)10-11-24(23)28(30)25(26-16-31-32-29(26)30)12-13-27(34)33-17-20-7-2-3-8-21(20)18-33/h2-9,16,23-25,28H,10-15,17-18H2,1H3,(H,31,32)/t23?,24?,25-,28?,30+/m1/s1. The number of carbonyl (C=O) groups is 1. The predicted molar refractivity (Wildman–Crippen MR) is 132 cm³/mol. The van der Waals surface area contributed by atoms with Crippen LogP contribution in [0.15, 0.2) is 54.7 Å². The first-order valence-corrected chi connectivity index (χ1v) is 13.1. The third-order valence-corrected chi connectivity index (χ3v) is 9.80. The molecule has 7 rings (SSSR count). The summed E-state index contributed by atoms with van der Waals surface area (Å²) in [5.41, 5.74) is 8.57. The summed E-state index contributed by atoms with van der Waals surface area (Å²) in [6.07, 6.45) is 8.60. The van der Waals surface area contributed by atoms with Crippen molar-refractivity contribution in [1.82, 2.24) is 15.1 Å². The van der Waals surface area contributed by atoms with Gasteiger partial charge in [-0.2, -0.15) is 5.10 Å². The number of aryl methyl sites for hydroxylation is 1. The van der Waals surface area contributed by atoms with Crippen LogP contribution in [-0.4, -0.2) is 21.0 Å². The molecule has 3 unspecified atom stereocenters. The lowest BCUT2D eigenvalue weighted by Gasteiger charge is -2.50. The van der Waals surface area contributed by atoms with Crippen LogP contribution in [-0.2, 0) is 29.7 Å². The van der Waals surface area contributed by atoms with Crippen molar-refractivity contribution in [1.29, 1.82) is 0 Å². The number of fused-ring (bicyclic) bond motifs is 8. The summed E-state index contributed by atoms with van der Waals surface area (Å²) in [7, 11) is 0. The first kappa shape index (κ1) is 20.5. The highest BCUT2D eigenvalue weighted by molar-refractivity contribution is 5.77. The number of nitrogens with one attached hydrogen (secondary N) is 1. The Morgan fingerprint density at radius 3 is 2.56 bits per heavy atom. The van der Waals surface area contributed by atoms with Gasteiger partial charge in [-0.25, -0.2) is 0 Å². The number of nitrogens with zero attached hydrogens (tertiary/aromatic N) is 2. The average molecular weight is 452 g/mol. The minimum absolute atomic E-state index is 0.125. The Morgan fingerprint density at radius 2 is 1.76 bits per heavy atom. The molecule has 4 nitrogen and oxygen atoms in total. The van der Waals surface area contributed by atoms with Crippen LogP contribution in [0.25, 0.3) is 0 Å². The second-order valence-electron chi connectivity index (χ2n) is 11.3. The quantitative estimate of drug-likeness (QED) is 0.544. The van der Waals surface area contributed by atoms with Crippen LogP contribution in [0.1, 0.15) is 84.4 Å². The maximum Gasteiger partial charge on any atom is 0.223 e. The van der Waals surface area contributed by atoms with Crippen molar-refractivity contribution < 1.29 is 4.79 Å². The Hall–Kier alpha value is -2.88. The highest BCUT2D eigenvalue weighted by Gasteiger charge is 2.58. The average Bonchev–Trinajstić information content (AvgIpc) is 3.57. The zero-order valence-electron chi connectivity index (χ0n) is 20.0. The summed E-state index contributed by atoms with van der Waals surface area (Å²) in [5, 5.41) is 7.98. The summed E-state index contributed by atoms with van der Waals surface area (Å²) in [5.74, 6) is 2.64. The van der Waals surface area contributed by atoms with E-state index in [1.807, 2.05) is 0 Å². The topological polar surface area (TPSA) is 49.0 Å². The van der Waals surface area contributed by atoms with E-state index in [1.54, 1.807) is 11.1 Å². The van der Waals surface area contributed by atoms with Crippen molar-refractivity contribution in [3.63, 3.8) is 0 Å². The Morgan fingerprint density at radius 1 is 1.03 bits per heavy atom. The summed E-state index contributed by atoms with van der Waals surface area (Å²) in [4.78, 5) is 15.4. The molecule has 1 aromatic heterocycles. The predicted octanol–water partition coefficient (Wildman–Crippen LogP) is 5.84. The number of hydrogen-bond acceptors (Lipinski definition) is 2. The molecule has 34 heavy (non-hydrogen) atoms. The normalized spacial score (nSPS) is 30.8. The molecule has 1 N–H and O–H groups in total. The molecule has 1 fully saturated rings. The van der Waals surface area contributed by atoms with Gasteiger partial charge in [0.2, 0.25) is 5.91 Å². The molecule has 3 aliphatic carbocycles. The summed E-state index contributed by atoms with van der Waals surface area (Å²) < 4.78 is 0. The minimum Gasteiger partial charge on any atom is -0.334 e. The molecule has 1 saturated carbocycles. The number of amides is 1. The third-order valence-electron chi connectivity index (χ3n) is 9.80. The van der Waals surface area contributed by atoms with Crippen molar-refractivity contribution in [2.24, 2.45) is 11.8 Å². The Balaban J connectivity index is 1.15. The van der Waals surface area contributed by atoms with Gasteiger partial charge in [-0.15, -0.1) is 0 Å². The van der Waals surface area contributed by atoms with Gasteiger partial charge in [0.25, 0.3) is 0 Å². The lowest BCUT2D eigenvalue weighted by Crippen LogP contribution is -2.44. The SMILES string of the molecule is C[C@]12CCC3c4ccccc4CCC3C1[C@H](CCC(=O)N1Cc3ccccc3C1)c1c[nH]nc12. The molecule has 2 aromatic carbocycles. The Bertz CT molecular complexity index is 1240. The lowest BCUT2D eigenvalue weighted by molar-refractivity contribution is -0.132. The summed E-state index contributed by atoms with van der Waals surface area (Å²) in [6.45, 7) is 3.99. The van der Waals surface area contributed by atoms with Crippen LogP contribution in [0.3, 0.4) is 0 Å². The van der Waals surface area contributed by atoms with E-state index >= 15 is 0 Å². The van der Waals surface area contributed by atoms with Crippen LogP contribution in [0.5, 0.6) is 0 Å². The monoisotopic (exact) mass is 451 g/mol. The van der Waals surface area contributed by atoms with Crippen LogP contribution in [0.2, 0.25) is 0 Å². The molecule has 3 aromatic rings. The molecule has 1 amide bonds. The van der Waals surface area contributed by atoms with Crippen molar-refractivity contribution in [2.75, 3.05) is 0 Å². The molecule has 0 radical (unpaired) electrons. The number of aromatic nitrogens is 2. The van der Waals surface area contributed by atoms with Crippen LogP contribution in [0, 0.1) is 11.8 Å². The Kier molecular flexibility index (Phi) is 4.56. The first-order chi connectivity index (χ1) is 16.6. The Labute approximate surface area is 201 Å². The molecule has 2 heterocycles. The maximum atomic E-state index is 13.3. The fraction of sp³-hybridized carbons (Fsp3) is 0.467. The van der Waals surface area contributed by atoms with E-state index in [1.165, 1.54) is 48.1 Å². The van der Waals surface area contributed by atoms with Gasteiger partial charge in [0.05, 0.1) is 5.69 Å². The number of hydrogen-bond donors (Lipinski definition) is 1. The third kappa shape index (κ3) is 2.90. The smallest absolute Gasteiger partial charge is 0.223 e. The summed E-state index contributed by atoms with van der Waals surface area (Å²) >= 11 is 0. The largest absolute Gasteiger partial charge is 0.334 e. The molecule has 1 aliphatic heterocycles. The highest BCUT2D eigenvalue weighted by Crippen LogP contribution is 2.64. The van der Waals surface area contributed by atoms with Gasteiger partial charge in [0, 0.05) is 31.1 Å². The van der Waals surface area contributed by atoms with E-state index in [4.69, 9.17) is 5.10 Å². The number of carbonyl (C=O) groups excluding carboxylic acids is 1. The number of aromatic amines is 1. The lowest BCUT2D eigenvalue weighted by atomic mass is 9.53. The molecule has 5 atom stereocenters. The van der Waals surface area contributed by atoms with E-state index in [0.29, 0.717) is 36.0 Å². The molecule has 0 bridgehead atoms. The van der Waals surface area contributed by atoms with Crippen molar-refractivity contribution in [2.45, 2.75) is 75.8 Å². The van der Waals surface area contributed by atoms with Gasteiger partial charge >= 0.3 is 0 Å². The maximum absolute atomic E-state index is 13.3. The highest BCUT2D eigenvalue weighted by atomic mass is 16.2. The molecule has 0 saturated heterocycles. The van der Waals surface area contributed by atoms with Gasteiger partial charge in [-0.3, -0.25) is 9.89 Å². The van der Waals surface area contributed by atoms with Gasteiger partial charge in [-0.1, -0.05) is 55.5 Å². The van der Waals surface area contributed by atoms with Crippen LogP contribution >= 0.6 is 0 Å². The zero-order chi connectivity index (χ0) is 22.9. The fourth-order valence-corrected chi connectivity index (χ4v) is 8.30. The van der Waals surface area contributed by atoms with Crippen LogP contribution < -0.4 is 0 Å². The fourth-order valence-electron chi connectivity index (χ4n) is 8.30. The molecule has 4 heteroatoms. The summed E-state index contributed by atoms with van der Waals surface area (Å²) in [6, 6.07) is 17.6. The second-order valence-corrected chi connectivity index (χ2v) is 11.3. The van der Waals surface area contributed by atoms with E-state index in [0.717, 1.165) is 19.5 Å². The molecule has 0 spiro atoms. The van der Waals surface area contributed by atoms with Crippen molar-refractivity contribution in [3.05, 3.63) is 88.2 Å². The number of benzene rings is 2. The number of H-pyrrole nitrogens is 1. The van der Waals surface area contributed by atoms with Crippen molar-refractivity contribution in [3.8, 4) is 0 Å². The second kappa shape index (κ2) is 7.56. The molecule has 174 valence electrons. The van der Waals surface area contributed by atoms with E-state index in [9.17, 15) is 4.79 Å². The molecular formula is C30H33N3O. The van der Waals surface area contributed by atoms with Crippen LogP contribution in [0.4, 0.5) is 0 Å². The molecule has 4 aliphatic rings. The van der Waals surface area contributed by atoms with Gasteiger partial charge < -0.3 is 4.90 Å². The first-order valence-electron chi connectivity index (χ1n) is 13.1. The van der Waals surface area contributed by atoms with Crippen molar-refractivity contribution >= 4 is 5.91 Å². The zero-order valence-corrected chi connectivity index (χ0v) is 20.0. The molecular weight excluding hydrogens is 418 g/mol. The number of rotatable bonds is 3. The van der Waals surface area contributed by atoms with Gasteiger partial charge in [0.1, 0.15) is 0 Å².